The highest BCUT2D eigenvalue weighted by Crippen LogP contribution is 2.24. The molecule has 1 rings (SSSR count). The van der Waals surface area contributed by atoms with E-state index in [9.17, 15) is 0 Å². The third-order valence-corrected chi connectivity index (χ3v) is 3.18. The van der Waals surface area contributed by atoms with E-state index in [2.05, 4.69) is 25.7 Å². The Morgan fingerprint density at radius 2 is 2.15 bits per heavy atom. The lowest BCUT2D eigenvalue weighted by atomic mass is 9.92. The second-order valence-electron chi connectivity index (χ2n) is 4.91. The highest BCUT2D eigenvalue weighted by Gasteiger charge is 2.29. The van der Waals surface area contributed by atoms with Gasteiger partial charge in [0.15, 0.2) is 0 Å². The van der Waals surface area contributed by atoms with E-state index >= 15 is 0 Å². The number of likely N-dealkylation sites (tertiary alicyclic amines) is 1. The van der Waals surface area contributed by atoms with Crippen molar-refractivity contribution in [3.63, 3.8) is 0 Å². The van der Waals surface area contributed by atoms with Crippen molar-refractivity contribution in [2.24, 2.45) is 5.73 Å². The predicted octanol–water partition coefficient (Wildman–Crippen LogP) is 1.99. The van der Waals surface area contributed by atoms with Crippen LogP contribution in [0.2, 0.25) is 0 Å². The van der Waals surface area contributed by atoms with Crippen LogP contribution < -0.4 is 5.73 Å². The van der Waals surface area contributed by atoms with Crippen LogP contribution in [0.3, 0.4) is 0 Å². The summed E-state index contributed by atoms with van der Waals surface area (Å²) in [5.74, 6) is 0. The summed E-state index contributed by atoms with van der Waals surface area (Å²) in [6, 6.07) is 0.407. The molecule has 13 heavy (non-hydrogen) atoms. The Morgan fingerprint density at radius 3 is 2.69 bits per heavy atom. The van der Waals surface area contributed by atoms with Crippen LogP contribution in [0.25, 0.3) is 0 Å². The fourth-order valence-electron chi connectivity index (χ4n) is 2.33. The summed E-state index contributed by atoms with van der Waals surface area (Å²) in [6.45, 7) is 9.27. The van der Waals surface area contributed by atoms with Crippen LogP contribution in [0.5, 0.6) is 0 Å². The quantitative estimate of drug-likeness (QED) is 0.727. The summed E-state index contributed by atoms with van der Waals surface area (Å²) in [4.78, 5) is 2.56. The van der Waals surface area contributed by atoms with Gasteiger partial charge < -0.3 is 5.73 Å². The summed E-state index contributed by atoms with van der Waals surface area (Å²) in [5, 5.41) is 0. The van der Waals surface area contributed by atoms with Gasteiger partial charge in [-0.1, -0.05) is 13.3 Å². The van der Waals surface area contributed by atoms with Gasteiger partial charge in [0.05, 0.1) is 0 Å². The molecule has 1 fully saturated rings. The molecule has 0 bridgehead atoms. The van der Waals surface area contributed by atoms with Crippen molar-refractivity contribution in [3.8, 4) is 0 Å². The number of nitrogens with zero attached hydrogens (tertiary/aromatic N) is 1. The van der Waals surface area contributed by atoms with Crippen LogP contribution in [0.4, 0.5) is 0 Å². The van der Waals surface area contributed by atoms with Crippen molar-refractivity contribution < 1.29 is 0 Å². The maximum atomic E-state index is 5.98. The lowest BCUT2D eigenvalue weighted by molar-refractivity contribution is 0.0782. The molecule has 1 heterocycles. The average molecular weight is 184 g/mol. The van der Waals surface area contributed by atoms with Gasteiger partial charge in [0, 0.05) is 18.1 Å². The Bertz CT molecular complexity index is 154. The number of hydrogen-bond acceptors (Lipinski definition) is 2. The second kappa shape index (κ2) is 4.43. The molecule has 0 radical (unpaired) electrons. The normalized spacial score (nSPS) is 26.3. The molecular weight excluding hydrogens is 160 g/mol. The maximum Gasteiger partial charge on any atom is 0.0168 e. The first-order valence-electron chi connectivity index (χ1n) is 5.57. The molecule has 0 aromatic rings. The standard InChI is InChI=1S/C11H24N2/c1-4-7-11(2,3)13-8-5-6-10(12)9-13/h10H,4-9,12H2,1-3H3/t10-/m1/s1. The fourth-order valence-corrected chi connectivity index (χ4v) is 2.33. The number of piperidine rings is 1. The molecule has 0 spiro atoms. The number of nitrogens with two attached hydrogens (primary N) is 1. The van der Waals surface area contributed by atoms with Crippen LogP contribution >= 0.6 is 0 Å². The molecule has 2 nitrogen and oxygen atoms in total. The molecule has 0 amide bonds. The Balaban J connectivity index is 2.48. The maximum absolute atomic E-state index is 5.98. The largest absolute Gasteiger partial charge is 0.327 e. The van der Waals surface area contributed by atoms with E-state index in [0.717, 1.165) is 6.54 Å². The molecule has 0 unspecified atom stereocenters. The minimum absolute atomic E-state index is 0.354. The topological polar surface area (TPSA) is 29.3 Å². The zero-order valence-corrected chi connectivity index (χ0v) is 9.34. The molecule has 1 aliphatic rings. The SMILES string of the molecule is CCCC(C)(C)N1CCC[C@@H](N)C1. The molecule has 2 heteroatoms. The zero-order chi connectivity index (χ0) is 9.90. The van der Waals surface area contributed by atoms with Crippen molar-refractivity contribution in [2.45, 2.75) is 58.0 Å². The Morgan fingerprint density at radius 1 is 1.46 bits per heavy atom. The van der Waals surface area contributed by atoms with Gasteiger partial charge in [-0.2, -0.15) is 0 Å². The van der Waals surface area contributed by atoms with Gasteiger partial charge in [-0.25, -0.2) is 0 Å². The third kappa shape index (κ3) is 2.96. The third-order valence-electron chi connectivity index (χ3n) is 3.18. The van der Waals surface area contributed by atoms with Gasteiger partial charge >= 0.3 is 0 Å². The molecule has 2 N–H and O–H groups in total. The molecule has 78 valence electrons. The molecule has 0 aliphatic carbocycles. The highest BCUT2D eigenvalue weighted by molar-refractivity contribution is 4.86. The van der Waals surface area contributed by atoms with E-state index in [-0.39, 0.29) is 0 Å². The van der Waals surface area contributed by atoms with E-state index in [4.69, 9.17) is 5.73 Å². The summed E-state index contributed by atoms with van der Waals surface area (Å²) in [7, 11) is 0. The Hall–Kier alpha value is -0.0800. The smallest absolute Gasteiger partial charge is 0.0168 e. The number of hydrogen-bond donors (Lipinski definition) is 1. The predicted molar refractivity (Wildman–Crippen MR) is 57.8 cm³/mol. The molecular formula is C11H24N2. The molecule has 0 aromatic heterocycles. The summed E-state index contributed by atoms with van der Waals surface area (Å²) < 4.78 is 0. The average Bonchev–Trinajstić information content (AvgIpc) is 2.04. The Kier molecular flexibility index (Phi) is 3.74. The molecule has 1 atom stereocenters. The summed E-state index contributed by atoms with van der Waals surface area (Å²) >= 11 is 0. The van der Waals surface area contributed by atoms with E-state index in [0.29, 0.717) is 11.6 Å². The van der Waals surface area contributed by atoms with E-state index < -0.39 is 0 Å². The van der Waals surface area contributed by atoms with E-state index in [1.807, 2.05) is 0 Å². The first-order chi connectivity index (χ1) is 6.06. The molecule has 1 aliphatic heterocycles. The second-order valence-corrected chi connectivity index (χ2v) is 4.91. The van der Waals surface area contributed by atoms with Gasteiger partial charge in [0.25, 0.3) is 0 Å². The number of rotatable bonds is 3. The van der Waals surface area contributed by atoms with E-state index in [1.165, 1.54) is 32.2 Å². The van der Waals surface area contributed by atoms with Gasteiger partial charge in [0.1, 0.15) is 0 Å². The van der Waals surface area contributed by atoms with Crippen molar-refractivity contribution >= 4 is 0 Å². The highest BCUT2D eigenvalue weighted by atomic mass is 15.2. The fraction of sp³-hybridized carbons (Fsp3) is 1.00. The van der Waals surface area contributed by atoms with Crippen LogP contribution in [0.1, 0.15) is 46.5 Å². The van der Waals surface area contributed by atoms with Crippen molar-refractivity contribution in [1.82, 2.24) is 4.90 Å². The van der Waals surface area contributed by atoms with Crippen LogP contribution in [0.15, 0.2) is 0 Å². The monoisotopic (exact) mass is 184 g/mol. The minimum atomic E-state index is 0.354. The van der Waals surface area contributed by atoms with Crippen LogP contribution in [0, 0.1) is 0 Å². The Labute approximate surface area is 82.5 Å². The first kappa shape index (κ1) is 11.0. The van der Waals surface area contributed by atoms with E-state index in [1.54, 1.807) is 0 Å². The van der Waals surface area contributed by atoms with Crippen molar-refractivity contribution in [3.05, 3.63) is 0 Å². The zero-order valence-electron chi connectivity index (χ0n) is 9.34. The van der Waals surface area contributed by atoms with Gasteiger partial charge in [-0.3, -0.25) is 4.90 Å². The molecule has 0 aromatic carbocycles. The molecule has 0 saturated carbocycles. The van der Waals surface area contributed by atoms with Crippen LogP contribution in [-0.4, -0.2) is 29.6 Å². The lowest BCUT2D eigenvalue weighted by Crippen LogP contribution is -2.52. The first-order valence-corrected chi connectivity index (χ1v) is 5.57. The summed E-state index contributed by atoms with van der Waals surface area (Å²) in [5.41, 5.74) is 6.33. The van der Waals surface area contributed by atoms with Gasteiger partial charge in [-0.05, 0) is 39.7 Å². The van der Waals surface area contributed by atoms with Crippen molar-refractivity contribution in [2.75, 3.05) is 13.1 Å². The molecule has 1 saturated heterocycles. The summed E-state index contributed by atoms with van der Waals surface area (Å²) in [6.07, 6.45) is 5.02. The van der Waals surface area contributed by atoms with Gasteiger partial charge in [-0.15, -0.1) is 0 Å². The van der Waals surface area contributed by atoms with Crippen LogP contribution in [-0.2, 0) is 0 Å². The lowest BCUT2D eigenvalue weighted by Gasteiger charge is -2.43. The van der Waals surface area contributed by atoms with Gasteiger partial charge in [0.2, 0.25) is 0 Å². The van der Waals surface area contributed by atoms with Crippen molar-refractivity contribution in [1.29, 1.82) is 0 Å². The minimum Gasteiger partial charge on any atom is -0.327 e.